The van der Waals surface area contributed by atoms with E-state index in [1.165, 1.54) is 100 Å². The molecule has 0 radical (unpaired) electrons. The summed E-state index contributed by atoms with van der Waals surface area (Å²) in [6, 6.07) is 169. The number of hydrogen-bond donors (Lipinski definition) is 0. The Morgan fingerprint density at radius 3 is 0.709 bits per heavy atom. The minimum absolute atomic E-state index is 0.381. The monoisotopic (exact) mass is 1710 g/mol. The van der Waals surface area contributed by atoms with E-state index < -0.39 is 5.41 Å². The predicted octanol–water partition coefficient (Wildman–Crippen LogP) is 30.6. The molecule has 626 valence electrons. The summed E-state index contributed by atoms with van der Waals surface area (Å²) in [4.78, 5) is 38.9. The molecule has 3 aliphatic carbocycles. The minimum atomic E-state index is -0.455. The van der Waals surface area contributed by atoms with E-state index in [1.807, 2.05) is 85.2 Å². The van der Waals surface area contributed by atoms with Crippen LogP contribution in [0.4, 0.5) is 0 Å². The van der Waals surface area contributed by atoms with Crippen LogP contribution in [-0.2, 0) is 10.8 Å². The second-order valence-corrected chi connectivity index (χ2v) is 34.3. The molecule has 3 aliphatic rings. The van der Waals surface area contributed by atoms with Crippen molar-refractivity contribution >= 4 is 0 Å². The molecule has 0 saturated heterocycles. The molecule has 1 spiro atoms. The van der Waals surface area contributed by atoms with Gasteiger partial charge in [-0.05, 0) is 215 Å². The Hall–Kier alpha value is -17.7. The Labute approximate surface area is 778 Å². The smallest absolute Gasteiger partial charge is 0.164 e. The zero-order valence-electron chi connectivity index (χ0n) is 72.9. The number of pyridine rings is 2. The lowest BCUT2D eigenvalue weighted by atomic mass is 9.67. The summed E-state index contributed by atoms with van der Waals surface area (Å²) in [5, 5.41) is 0. The van der Waals surface area contributed by atoms with Crippen molar-refractivity contribution in [2.45, 2.75) is 10.8 Å². The third-order valence-electron chi connectivity index (χ3n) is 26.8. The van der Waals surface area contributed by atoms with Gasteiger partial charge in [-0.2, -0.15) is 0 Å². The van der Waals surface area contributed by atoms with E-state index in [-0.39, 0.29) is 5.41 Å². The normalized spacial score (nSPS) is 12.4. The van der Waals surface area contributed by atoms with Gasteiger partial charge < -0.3 is 0 Å². The first-order valence-corrected chi connectivity index (χ1v) is 45.5. The second-order valence-electron chi connectivity index (χ2n) is 34.3. The summed E-state index contributed by atoms with van der Waals surface area (Å²) in [5.74, 6) is 3.73. The van der Waals surface area contributed by atoms with Gasteiger partial charge in [0.05, 0.1) is 10.8 Å². The Morgan fingerprint density at radius 1 is 0.134 bits per heavy atom. The van der Waals surface area contributed by atoms with Gasteiger partial charge in [0.15, 0.2) is 34.9 Å². The van der Waals surface area contributed by atoms with Crippen LogP contribution in [0.25, 0.3) is 191 Å². The van der Waals surface area contributed by atoms with Gasteiger partial charge in [-0.1, -0.05) is 425 Å². The van der Waals surface area contributed by atoms with E-state index in [2.05, 4.69) is 410 Å². The summed E-state index contributed by atoms with van der Waals surface area (Å²) in [5.41, 5.74) is 41.1. The van der Waals surface area contributed by atoms with Gasteiger partial charge in [0, 0.05) is 58.2 Å². The predicted molar refractivity (Wildman–Crippen MR) is 545 cm³/mol. The van der Waals surface area contributed by atoms with E-state index in [1.54, 1.807) is 12.4 Å². The van der Waals surface area contributed by atoms with Crippen molar-refractivity contribution in [2.24, 2.45) is 0 Å². The number of rotatable bonds is 16. The quantitative estimate of drug-likeness (QED) is 0.0943. The molecule has 0 amide bonds. The molecule has 0 saturated carbocycles. The molecule has 18 aromatic carbocycles. The lowest BCUT2D eigenvalue weighted by Gasteiger charge is -2.34. The van der Waals surface area contributed by atoms with Crippen molar-refractivity contribution in [3.63, 3.8) is 0 Å². The zero-order valence-corrected chi connectivity index (χ0v) is 72.9. The first-order chi connectivity index (χ1) is 66.4. The fraction of sp³-hybridized carbons (Fsp3) is 0.0159. The molecule has 0 unspecified atom stereocenters. The summed E-state index contributed by atoms with van der Waals surface area (Å²) in [6.45, 7) is 0. The van der Waals surface area contributed by atoms with Gasteiger partial charge in [-0.3, -0.25) is 9.97 Å². The van der Waals surface area contributed by atoms with E-state index >= 15 is 0 Å². The Bertz CT molecular complexity index is 7730. The van der Waals surface area contributed by atoms with Crippen LogP contribution in [0.1, 0.15) is 44.5 Å². The van der Waals surface area contributed by atoms with Gasteiger partial charge in [0.25, 0.3) is 0 Å². The first-order valence-electron chi connectivity index (χ1n) is 45.5. The van der Waals surface area contributed by atoms with E-state index in [0.717, 1.165) is 100 Å². The average molecular weight is 1710 g/mol. The minimum Gasteiger partial charge on any atom is -0.264 e. The molecule has 4 heterocycles. The first kappa shape index (κ1) is 79.7. The molecule has 8 heteroatoms. The van der Waals surface area contributed by atoms with Gasteiger partial charge in [-0.15, -0.1) is 0 Å². The maximum Gasteiger partial charge on any atom is 0.164 e. The van der Waals surface area contributed by atoms with Gasteiger partial charge in [-0.25, -0.2) is 29.9 Å². The van der Waals surface area contributed by atoms with E-state index in [4.69, 9.17) is 29.9 Å². The zero-order chi connectivity index (χ0) is 88.9. The molecule has 0 fully saturated rings. The van der Waals surface area contributed by atoms with Crippen LogP contribution in [-0.4, -0.2) is 39.9 Å². The molecule has 134 heavy (non-hydrogen) atoms. The van der Waals surface area contributed by atoms with Gasteiger partial charge >= 0.3 is 0 Å². The summed E-state index contributed by atoms with van der Waals surface area (Å²) in [6.07, 6.45) is 7.33. The van der Waals surface area contributed by atoms with Crippen LogP contribution in [0, 0.1) is 0 Å². The van der Waals surface area contributed by atoms with Crippen molar-refractivity contribution < 1.29 is 0 Å². The van der Waals surface area contributed by atoms with E-state index in [0.29, 0.717) is 34.9 Å². The molecule has 0 atom stereocenters. The molecule has 8 nitrogen and oxygen atoms in total. The summed E-state index contributed by atoms with van der Waals surface area (Å²) < 4.78 is 0. The molecular formula is C126H82N8. The largest absolute Gasteiger partial charge is 0.264 e. The van der Waals surface area contributed by atoms with Crippen LogP contribution < -0.4 is 0 Å². The summed E-state index contributed by atoms with van der Waals surface area (Å²) >= 11 is 0. The van der Waals surface area contributed by atoms with Crippen LogP contribution in [0.3, 0.4) is 0 Å². The van der Waals surface area contributed by atoms with Gasteiger partial charge in [0.2, 0.25) is 0 Å². The van der Waals surface area contributed by atoms with Crippen LogP contribution in [0.2, 0.25) is 0 Å². The molecular weight excluding hydrogens is 1630 g/mol. The fourth-order valence-corrected chi connectivity index (χ4v) is 20.7. The topological polar surface area (TPSA) is 103 Å². The number of aromatic nitrogens is 8. The number of hydrogen-bond acceptors (Lipinski definition) is 8. The SMILES string of the molecule is c1ccc(-c2nc(-c3ccc(-c4cccnc4)cc3)nc(-c3cccc(-c4cccc(-c5cccc(-c6cccc7c6-c6ccccc6C7(c6ccccc6)c6ccccc6)c5)c4)c3)n2)cc1.c1ccc(-c2nc(-c3ccc(-c4cccnc4)cc3)nc(-c3cccc(-c4cccc(-c5cccc(-c6cccc7c6-c6ccccc6C76c7ccccc7-c7ccccc76)c5)c4)c3)n2)cc1. The van der Waals surface area contributed by atoms with Crippen LogP contribution in [0.15, 0.2) is 498 Å². The van der Waals surface area contributed by atoms with Crippen molar-refractivity contribution in [1.29, 1.82) is 0 Å². The Kier molecular flexibility index (Phi) is 20.2. The molecule has 22 aromatic rings. The molecule has 0 bridgehead atoms. The second kappa shape index (κ2) is 34.0. The van der Waals surface area contributed by atoms with Crippen molar-refractivity contribution in [3.8, 4) is 191 Å². The lowest BCUT2D eigenvalue weighted by molar-refractivity contribution is 0.768. The number of nitrogens with zero attached hydrogens (tertiary/aromatic N) is 8. The van der Waals surface area contributed by atoms with E-state index in [9.17, 15) is 0 Å². The highest BCUT2D eigenvalue weighted by Gasteiger charge is 2.52. The maximum atomic E-state index is 5.09. The van der Waals surface area contributed by atoms with Crippen LogP contribution >= 0.6 is 0 Å². The Balaban J connectivity index is 0.000000147. The highest BCUT2D eigenvalue weighted by Crippen LogP contribution is 2.65. The van der Waals surface area contributed by atoms with Gasteiger partial charge in [0.1, 0.15) is 0 Å². The number of benzene rings is 18. The van der Waals surface area contributed by atoms with Crippen molar-refractivity contribution in [3.05, 3.63) is 542 Å². The molecule has 25 rings (SSSR count). The average Bonchev–Trinajstić information content (AvgIpc) is 1.51. The highest BCUT2D eigenvalue weighted by molar-refractivity contribution is 6.01. The lowest BCUT2D eigenvalue weighted by Crippen LogP contribution is -2.28. The molecule has 0 aliphatic heterocycles. The fourth-order valence-electron chi connectivity index (χ4n) is 20.7. The molecule has 0 N–H and O–H groups in total. The number of fused-ring (bicyclic) bond motifs is 13. The molecule has 4 aromatic heterocycles. The third kappa shape index (κ3) is 14.1. The van der Waals surface area contributed by atoms with Crippen molar-refractivity contribution in [1.82, 2.24) is 39.9 Å². The maximum absolute atomic E-state index is 5.09. The van der Waals surface area contributed by atoms with Crippen molar-refractivity contribution in [2.75, 3.05) is 0 Å². The Morgan fingerprint density at radius 2 is 0.358 bits per heavy atom. The summed E-state index contributed by atoms with van der Waals surface area (Å²) in [7, 11) is 0. The highest BCUT2D eigenvalue weighted by atomic mass is 15.0. The third-order valence-corrected chi connectivity index (χ3v) is 26.8. The van der Waals surface area contributed by atoms with Crippen LogP contribution in [0.5, 0.6) is 0 Å². The standard InChI is InChI=1S/C63H40N4.C63H42N4/c1-2-15-42(16-3-1)60-65-61(43-34-32-41(33-35-43)50-23-14-36-64-40-50)67-62(66-60)49-22-12-20-47(39-49)45-18-10-17-44(37-45)46-19-11-21-48(38-46)51-27-13-31-58-59(51)54-26-6-9-30-57(54)63(58)55-28-7-4-24-52(55)53-25-5-8-29-56(53)63;1-4-17-44(18-5-1)60-65-61(45-36-34-43(35-37-45)52-25-16-38-64-42-52)67-62(66-60)51-24-14-22-49(41-51)47-20-12-19-46(39-47)48-21-13-23-50(40-48)55-31-15-33-58-59(55)56-30-10-11-32-57(56)63(58,53-26-6-2-7-27-53)54-28-8-3-9-29-54/h1-40H;1-42H.